The Balaban J connectivity index is 1.65. The number of methoxy groups -OCH3 is 1. The highest BCUT2D eigenvalue weighted by Gasteiger charge is 2.29. The van der Waals surface area contributed by atoms with Gasteiger partial charge in [-0.3, -0.25) is 9.59 Å². The first-order valence-corrected chi connectivity index (χ1v) is 8.68. The largest absolute Gasteiger partial charge is 0.381 e. The van der Waals surface area contributed by atoms with Gasteiger partial charge in [0.15, 0.2) is 0 Å². The van der Waals surface area contributed by atoms with Crippen molar-refractivity contribution in [1.82, 2.24) is 14.9 Å². The summed E-state index contributed by atoms with van der Waals surface area (Å²) in [5.74, 6) is 0.701. The monoisotopic (exact) mass is 369 g/mol. The zero-order valence-corrected chi connectivity index (χ0v) is 15.4. The van der Waals surface area contributed by atoms with Gasteiger partial charge in [0.05, 0.1) is 12.6 Å². The number of hydrogen-bond acceptors (Lipinski definition) is 6. The van der Waals surface area contributed by atoms with Crippen molar-refractivity contribution in [1.29, 1.82) is 0 Å². The predicted molar refractivity (Wildman–Crippen MR) is 105 cm³/mol. The van der Waals surface area contributed by atoms with Gasteiger partial charge in [-0.2, -0.15) is 0 Å². The zero-order chi connectivity index (χ0) is 19.2. The lowest BCUT2D eigenvalue weighted by Crippen LogP contribution is -2.57. The van der Waals surface area contributed by atoms with Gasteiger partial charge in [-0.1, -0.05) is 6.08 Å². The molecule has 1 aliphatic rings. The number of amides is 1. The summed E-state index contributed by atoms with van der Waals surface area (Å²) in [5.41, 5.74) is 2.13. The van der Waals surface area contributed by atoms with Gasteiger partial charge in [0.25, 0.3) is 5.56 Å². The topological polar surface area (TPSA) is 99.4 Å². The van der Waals surface area contributed by atoms with Crippen LogP contribution >= 0.6 is 0 Å². The molecule has 1 fully saturated rings. The summed E-state index contributed by atoms with van der Waals surface area (Å²) >= 11 is 0. The van der Waals surface area contributed by atoms with Crippen LogP contribution in [0.4, 0.5) is 11.5 Å². The molecule has 8 nitrogen and oxygen atoms in total. The number of hydrogen-bond donors (Lipinski definition) is 3. The molecule has 1 saturated heterocycles. The predicted octanol–water partition coefficient (Wildman–Crippen LogP) is 1.30. The smallest absolute Gasteiger partial charge is 0.271 e. The van der Waals surface area contributed by atoms with Gasteiger partial charge >= 0.3 is 0 Å². The highest BCUT2D eigenvalue weighted by molar-refractivity contribution is 5.88. The van der Waals surface area contributed by atoms with E-state index < -0.39 is 0 Å². The second-order valence-corrected chi connectivity index (χ2v) is 6.25. The molecule has 0 aromatic carbocycles. The third kappa shape index (κ3) is 4.53. The van der Waals surface area contributed by atoms with E-state index in [1.807, 2.05) is 18.2 Å². The molecule has 1 amide bonds. The SMILES string of the molecule is CNc1cc(-c2c[nH]c(=O)c(NC3CN(C(=O)/C=C/COC)C3)c2)ccn1. The van der Waals surface area contributed by atoms with Crippen molar-refractivity contribution in [2.24, 2.45) is 0 Å². The van der Waals surface area contributed by atoms with Gasteiger partial charge in [-0.15, -0.1) is 0 Å². The van der Waals surface area contributed by atoms with Crippen LogP contribution in [0.15, 0.2) is 47.5 Å². The van der Waals surface area contributed by atoms with Gasteiger partial charge in [-0.05, 0) is 23.8 Å². The summed E-state index contributed by atoms with van der Waals surface area (Å²) in [4.78, 5) is 32.8. The van der Waals surface area contributed by atoms with Crippen LogP contribution in [0.1, 0.15) is 0 Å². The number of pyridine rings is 2. The van der Waals surface area contributed by atoms with E-state index >= 15 is 0 Å². The molecule has 0 radical (unpaired) electrons. The first-order chi connectivity index (χ1) is 13.1. The molecular weight excluding hydrogens is 346 g/mol. The molecule has 0 saturated carbocycles. The molecule has 2 aromatic rings. The maximum atomic E-state index is 12.1. The van der Waals surface area contributed by atoms with Crippen molar-refractivity contribution in [3.63, 3.8) is 0 Å². The third-order valence-corrected chi connectivity index (χ3v) is 4.33. The van der Waals surface area contributed by atoms with Crippen molar-refractivity contribution < 1.29 is 9.53 Å². The number of aromatic nitrogens is 2. The number of carbonyl (C=O) groups is 1. The van der Waals surface area contributed by atoms with Crippen molar-refractivity contribution >= 4 is 17.4 Å². The maximum absolute atomic E-state index is 12.1. The van der Waals surface area contributed by atoms with Crippen molar-refractivity contribution in [3.8, 4) is 11.1 Å². The van der Waals surface area contributed by atoms with E-state index in [0.717, 1.165) is 16.9 Å². The third-order valence-electron chi connectivity index (χ3n) is 4.33. The van der Waals surface area contributed by atoms with Crippen molar-refractivity contribution in [2.45, 2.75) is 6.04 Å². The summed E-state index contributed by atoms with van der Waals surface area (Å²) in [6.45, 7) is 1.52. The second-order valence-electron chi connectivity index (χ2n) is 6.25. The zero-order valence-electron chi connectivity index (χ0n) is 15.4. The van der Waals surface area contributed by atoms with Gasteiger partial charge in [0, 0.05) is 51.3 Å². The van der Waals surface area contributed by atoms with Crippen LogP contribution in [0.25, 0.3) is 11.1 Å². The quantitative estimate of drug-likeness (QED) is 0.637. The Morgan fingerprint density at radius 1 is 1.41 bits per heavy atom. The Kier molecular flexibility index (Phi) is 5.87. The van der Waals surface area contributed by atoms with E-state index in [1.165, 1.54) is 6.08 Å². The molecule has 27 heavy (non-hydrogen) atoms. The molecule has 3 heterocycles. The summed E-state index contributed by atoms with van der Waals surface area (Å²) in [6, 6.07) is 5.66. The van der Waals surface area contributed by atoms with Crippen LogP contribution in [0.3, 0.4) is 0 Å². The van der Waals surface area contributed by atoms with Gasteiger partial charge < -0.3 is 25.3 Å². The first-order valence-electron chi connectivity index (χ1n) is 8.68. The average Bonchev–Trinajstić information content (AvgIpc) is 2.65. The van der Waals surface area contributed by atoms with Crippen LogP contribution in [0.5, 0.6) is 0 Å². The molecule has 0 aliphatic carbocycles. The van der Waals surface area contributed by atoms with Gasteiger partial charge in [0.1, 0.15) is 11.5 Å². The maximum Gasteiger partial charge on any atom is 0.271 e. The number of ether oxygens (including phenoxy) is 1. The number of H-pyrrole nitrogens is 1. The number of aromatic amines is 1. The Morgan fingerprint density at radius 2 is 2.22 bits per heavy atom. The van der Waals surface area contributed by atoms with E-state index in [0.29, 0.717) is 25.4 Å². The van der Waals surface area contributed by atoms with E-state index in [-0.39, 0.29) is 17.5 Å². The van der Waals surface area contributed by atoms with Crippen LogP contribution in [-0.2, 0) is 9.53 Å². The molecular formula is C19H23N5O3. The van der Waals surface area contributed by atoms with Gasteiger partial charge in [0.2, 0.25) is 5.91 Å². The van der Waals surface area contributed by atoms with E-state index in [4.69, 9.17) is 4.74 Å². The minimum Gasteiger partial charge on any atom is -0.381 e. The summed E-state index contributed by atoms with van der Waals surface area (Å²) < 4.78 is 4.88. The van der Waals surface area contributed by atoms with Crippen LogP contribution in [0.2, 0.25) is 0 Å². The fourth-order valence-electron chi connectivity index (χ4n) is 2.82. The minimum atomic E-state index is -0.189. The number of carbonyl (C=O) groups excluding carboxylic acids is 1. The molecule has 1 aliphatic heterocycles. The lowest BCUT2D eigenvalue weighted by Gasteiger charge is -2.39. The number of rotatable bonds is 7. The molecule has 8 heteroatoms. The summed E-state index contributed by atoms with van der Waals surface area (Å²) in [6.07, 6.45) is 6.59. The Hall–Kier alpha value is -3.13. The lowest BCUT2D eigenvalue weighted by atomic mass is 10.1. The molecule has 0 unspecified atom stereocenters. The standard InChI is InChI=1S/C19H23N5O3/c1-20-17-9-13(5-6-21-17)14-8-16(19(26)22-10-14)23-15-11-24(12-15)18(25)4-3-7-27-2/h3-6,8-10,15,23H,7,11-12H2,1-2H3,(H,20,21)(H,22,26)/b4-3+. The van der Waals surface area contributed by atoms with Crippen LogP contribution in [-0.4, -0.2) is 60.7 Å². The normalized spacial score (nSPS) is 14.2. The highest BCUT2D eigenvalue weighted by Crippen LogP contribution is 2.22. The number of likely N-dealkylation sites (tertiary alicyclic amines) is 1. The summed E-state index contributed by atoms with van der Waals surface area (Å²) in [5, 5.41) is 6.22. The Bertz CT molecular complexity index is 887. The second kappa shape index (κ2) is 8.50. The van der Waals surface area contributed by atoms with E-state index in [1.54, 1.807) is 37.5 Å². The number of nitrogens with one attached hydrogen (secondary N) is 3. The number of anilines is 2. The van der Waals surface area contributed by atoms with E-state index in [9.17, 15) is 9.59 Å². The minimum absolute atomic E-state index is 0.0476. The fraction of sp³-hybridized carbons (Fsp3) is 0.316. The lowest BCUT2D eigenvalue weighted by molar-refractivity contribution is -0.129. The Morgan fingerprint density at radius 3 is 2.96 bits per heavy atom. The van der Waals surface area contributed by atoms with Crippen LogP contribution < -0.4 is 16.2 Å². The number of nitrogens with zero attached hydrogens (tertiary/aromatic N) is 2. The molecule has 0 bridgehead atoms. The van der Waals surface area contributed by atoms with Gasteiger partial charge in [-0.25, -0.2) is 4.98 Å². The Labute approximate surface area is 157 Å². The molecule has 3 rings (SSSR count). The molecule has 2 aromatic heterocycles. The highest BCUT2D eigenvalue weighted by atomic mass is 16.5. The molecule has 0 spiro atoms. The van der Waals surface area contributed by atoms with E-state index in [2.05, 4.69) is 20.6 Å². The van der Waals surface area contributed by atoms with Crippen molar-refractivity contribution in [2.75, 3.05) is 44.5 Å². The fourth-order valence-corrected chi connectivity index (χ4v) is 2.82. The molecule has 142 valence electrons. The van der Waals surface area contributed by atoms with Crippen LogP contribution in [0, 0.1) is 0 Å². The van der Waals surface area contributed by atoms with Crippen molar-refractivity contribution in [3.05, 3.63) is 53.1 Å². The average molecular weight is 369 g/mol. The molecule has 3 N–H and O–H groups in total. The molecule has 0 atom stereocenters. The summed E-state index contributed by atoms with van der Waals surface area (Å²) in [7, 11) is 3.38. The first kappa shape index (κ1) is 18.7.